The Morgan fingerprint density at radius 1 is 1.21 bits per heavy atom. The van der Waals surface area contributed by atoms with Gasteiger partial charge >= 0.3 is 6.03 Å². The number of nitrogens with zero attached hydrogens (tertiary/aromatic N) is 1. The average Bonchev–Trinajstić information content (AvgIpc) is 2.60. The summed E-state index contributed by atoms with van der Waals surface area (Å²) < 4.78 is 18.4. The van der Waals surface area contributed by atoms with Crippen LogP contribution in [0, 0.1) is 17.1 Å². The molecule has 2 aromatic rings. The van der Waals surface area contributed by atoms with Crippen molar-refractivity contribution in [2.45, 2.75) is 20.1 Å². The molecular formula is C18H18FN3O2. The summed E-state index contributed by atoms with van der Waals surface area (Å²) in [6.07, 6.45) is 0. The third kappa shape index (κ3) is 5.07. The van der Waals surface area contributed by atoms with E-state index in [9.17, 15) is 9.18 Å². The Morgan fingerprint density at radius 2 is 1.92 bits per heavy atom. The van der Waals surface area contributed by atoms with Gasteiger partial charge in [0.05, 0.1) is 17.9 Å². The minimum absolute atomic E-state index is 0.0745. The summed E-state index contributed by atoms with van der Waals surface area (Å²) in [6.45, 7) is 3.50. The van der Waals surface area contributed by atoms with Crippen LogP contribution in [0.2, 0.25) is 0 Å². The Morgan fingerprint density at radius 3 is 2.58 bits per heavy atom. The largest absolute Gasteiger partial charge is 0.377 e. The summed E-state index contributed by atoms with van der Waals surface area (Å²) in [6, 6.07) is 12.7. The van der Waals surface area contributed by atoms with Crippen molar-refractivity contribution in [3.8, 4) is 6.07 Å². The molecule has 0 saturated heterocycles. The molecule has 0 aliphatic carbocycles. The molecule has 2 amide bonds. The first kappa shape index (κ1) is 17.4. The Kier molecular flexibility index (Phi) is 6.29. The monoisotopic (exact) mass is 327 g/mol. The third-order valence-electron chi connectivity index (χ3n) is 3.30. The number of benzene rings is 2. The van der Waals surface area contributed by atoms with Crippen LogP contribution in [-0.4, -0.2) is 12.6 Å². The van der Waals surface area contributed by atoms with Gasteiger partial charge in [0.1, 0.15) is 11.9 Å². The van der Waals surface area contributed by atoms with Gasteiger partial charge < -0.3 is 15.4 Å². The Balaban J connectivity index is 1.88. The maximum Gasteiger partial charge on any atom is 0.319 e. The third-order valence-corrected chi connectivity index (χ3v) is 3.30. The smallest absolute Gasteiger partial charge is 0.319 e. The molecule has 0 atom stereocenters. The first-order valence-electron chi connectivity index (χ1n) is 7.52. The van der Waals surface area contributed by atoms with E-state index in [4.69, 9.17) is 10.00 Å². The number of carbonyl (C=O) groups excluding carboxylic acids is 1. The van der Waals surface area contributed by atoms with Crippen LogP contribution in [0.1, 0.15) is 23.6 Å². The van der Waals surface area contributed by atoms with E-state index in [0.29, 0.717) is 19.8 Å². The van der Waals surface area contributed by atoms with Gasteiger partial charge in [0, 0.05) is 13.2 Å². The molecule has 2 aromatic carbocycles. The Hall–Kier alpha value is -2.91. The Bertz CT molecular complexity index is 739. The quantitative estimate of drug-likeness (QED) is 0.852. The number of nitriles is 1. The van der Waals surface area contributed by atoms with E-state index < -0.39 is 11.8 Å². The van der Waals surface area contributed by atoms with Gasteiger partial charge in [-0.05, 0) is 36.2 Å². The predicted molar refractivity (Wildman–Crippen MR) is 88.7 cm³/mol. The van der Waals surface area contributed by atoms with E-state index >= 15 is 0 Å². The SMILES string of the molecule is CCOCc1ccc(CNC(=O)Nc2ccc(F)cc2C#N)cc1. The maximum atomic E-state index is 13.1. The van der Waals surface area contributed by atoms with E-state index in [0.717, 1.165) is 17.2 Å². The molecule has 5 nitrogen and oxygen atoms in total. The van der Waals surface area contributed by atoms with E-state index in [1.54, 1.807) is 0 Å². The standard InChI is InChI=1S/C18H18FN3O2/c1-2-24-12-14-5-3-13(4-6-14)11-21-18(23)22-17-8-7-16(19)9-15(17)10-20/h3-9H,2,11-12H2,1H3,(H2,21,22,23). The zero-order chi connectivity index (χ0) is 17.4. The van der Waals surface area contributed by atoms with Crippen LogP contribution in [0.4, 0.5) is 14.9 Å². The number of ether oxygens (including phenoxy) is 1. The normalized spacial score (nSPS) is 10.0. The van der Waals surface area contributed by atoms with Gasteiger partial charge in [0.2, 0.25) is 0 Å². The summed E-state index contributed by atoms with van der Waals surface area (Å²) in [5, 5.41) is 14.2. The van der Waals surface area contributed by atoms with Crippen LogP contribution in [0.25, 0.3) is 0 Å². The Labute approximate surface area is 140 Å². The highest BCUT2D eigenvalue weighted by Crippen LogP contribution is 2.15. The van der Waals surface area contributed by atoms with E-state index in [1.807, 2.05) is 37.3 Å². The summed E-state index contributed by atoms with van der Waals surface area (Å²) in [7, 11) is 0. The van der Waals surface area contributed by atoms with Crippen molar-refractivity contribution < 1.29 is 13.9 Å². The zero-order valence-electron chi connectivity index (χ0n) is 13.3. The molecule has 0 heterocycles. The molecule has 0 aromatic heterocycles. The van der Waals surface area contributed by atoms with E-state index in [-0.39, 0.29) is 11.3 Å². The molecule has 0 saturated carbocycles. The fourth-order valence-corrected chi connectivity index (χ4v) is 2.04. The van der Waals surface area contributed by atoms with Gasteiger partial charge in [0.15, 0.2) is 0 Å². The number of rotatable bonds is 6. The maximum absolute atomic E-state index is 13.1. The number of hydrogen-bond donors (Lipinski definition) is 2. The lowest BCUT2D eigenvalue weighted by atomic mass is 10.1. The molecule has 2 N–H and O–H groups in total. The number of urea groups is 1. The van der Waals surface area contributed by atoms with Crippen molar-refractivity contribution >= 4 is 11.7 Å². The molecule has 124 valence electrons. The lowest BCUT2D eigenvalue weighted by molar-refractivity contribution is 0.134. The van der Waals surface area contributed by atoms with Crippen molar-refractivity contribution in [3.05, 3.63) is 65.0 Å². The summed E-state index contributed by atoms with van der Waals surface area (Å²) >= 11 is 0. The molecule has 0 unspecified atom stereocenters. The van der Waals surface area contributed by atoms with Crippen molar-refractivity contribution in [2.24, 2.45) is 0 Å². The van der Waals surface area contributed by atoms with Gasteiger partial charge in [0.25, 0.3) is 0 Å². The summed E-state index contributed by atoms with van der Waals surface area (Å²) in [5.74, 6) is -0.523. The van der Waals surface area contributed by atoms with Gasteiger partial charge in [-0.3, -0.25) is 0 Å². The second-order valence-electron chi connectivity index (χ2n) is 5.06. The van der Waals surface area contributed by atoms with Crippen molar-refractivity contribution in [3.63, 3.8) is 0 Å². The van der Waals surface area contributed by atoms with E-state index in [1.165, 1.54) is 12.1 Å². The molecule has 0 fully saturated rings. The number of nitrogens with one attached hydrogen (secondary N) is 2. The van der Waals surface area contributed by atoms with Crippen LogP contribution in [0.15, 0.2) is 42.5 Å². The molecular weight excluding hydrogens is 309 g/mol. The van der Waals surface area contributed by atoms with Crippen LogP contribution in [0.3, 0.4) is 0 Å². The molecule has 0 aliphatic heterocycles. The number of halogens is 1. The minimum Gasteiger partial charge on any atom is -0.377 e. The van der Waals surface area contributed by atoms with Gasteiger partial charge in [-0.15, -0.1) is 0 Å². The topological polar surface area (TPSA) is 74.2 Å². The molecule has 0 aliphatic rings. The van der Waals surface area contributed by atoms with Crippen LogP contribution >= 0.6 is 0 Å². The lowest BCUT2D eigenvalue weighted by Crippen LogP contribution is -2.28. The fourth-order valence-electron chi connectivity index (χ4n) is 2.04. The first-order chi connectivity index (χ1) is 11.6. The van der Waals surface area contributed by atoms with Crippen molar-refractivity contribution in [1.82, 2.24) is 5.32 Å². The molecule has 0 radical (unpaired) electrons. The van der Waals surface area contributed by atoms with Crippen LogP contribution < -0.4 is 10.6 Å². The number of amides is 2. The van der Waals surface area contributed by atoms with Crippen LogP contribution in [-0.2, 0) is 17.9 Å². The molecule has 24 heavy (non-hydrogen) atoms. The van der Waals surface area contributed by atoms with Gasteiger partial charge in [-0.25, -0.2) is 9.18 Å². The molecule has 6 heteroatoms. The highest BCUT2D eigenvalue weighted by Gasteiger charge is 2.07. The average molecular weight is 327 g/mol. The molecule has 0 bridgehead atoms. The molecule has 0 spiro atoms. The molecule has 2 rings (SSSR count). The second kappa shape index (κ2) is 8.65. The van der Waals surface area contributed by atoms with Crippen molar-refractivity contribution in [1.29, 1.82) is 5.26 Å². The lowest BCUT2D eigenvalue weighted by Gasteiger charge is -2.09. The predicted octanol–water partition coefficient (Wildman–Crippen LogP) is 3.56. The second-order valence-corrected chi connectivity index (χ2v) is 5.06. The number of carbonyl (C=O) groups is 1. The first-order valence-corrected chi connectivity index (χ1v) is 7.52. The highest BCUT2D eigenvalue weighted by molar-refractivity contribution is 5.90. The number of anilines is 1. The van der Waals surface area contributed by atoms with Gasteiger partial charge in [-0.1, -0.05) is 24.3 Å². The van der Waals surface area contributed by atoms with E-state index in [2.05, 4.69) is 10.6 Å². The highest BCUT2D eigenvalue weighted by atomic mass is 19.1. The summed E-state index contributed by atoms with van der Waals surface area (Å²) in [4.78, 5) is 11.9. The zero-order valence-corrected chi connectivity index (χ0v) is 13.3. The van der Waals surface area contributed by atoms with Crippen LogP contribution in [0.5, 0.6) is 0 Å². The van der Waals surface area contributed by atoms with Gasteiger partial charge in [-0.2, -0.15) is 5.26 Å². The summed E-state index contributed by atoms with van der Waals surface area (Å²) in [5.41, 5.74) is 2.34. The fraction of sp³-hybridized carbons (Fsp3) is 0.222. The van der Waals surface area contributed by atoms with Crippen molar-refractivity contribution in [2.75, 3.05) is 11.9 Å². The number of hydrogen-bond acceptors (Lipinski definition) is 3. The minimum atomic E-state index is -0.523.